The van der Waals surface area contributed by atoms with Crippen molar-refractivity contribution < 1.29 is 14.6 Å². The minimum Gasteiger partial charge on any atom is -0.497 e. The van der Waals surface area contributed by atoms with E-state index in [1.165, 1.54) is 0 Å². The van der Waals surface area contributed by atoms with Gasteiger partial charge in [-0.15, -0.1) is 0 Å². The van der Waals surface area contributed by atoms with E-state index in [1.54, 1.807) is 7.11 Å². The lowest BCUT2D eigenvalue weighted by atomic mass is 10.3. The van der Waals surface area contributed by atoms with Crippen molar-refractivity contribution in [1.29, 1.82) is 0 Å². The van der Waals surface area contributed by atoms with Gasteiger partial charge in [0.2, 0.25) is 0 Å². The Labute approximate surface area is 127 Å². The topological polar surface area (TPSA) is 45.2 Å². The highest BCUT2D eigenvalue weighted by Crippen LogP contribution is 2.17. The van der Waals surface area contributed by atoms with Gasteiger partial charge in [0.1, 0.15) is 11.5 Å². The van der Waals surface area contributed by atoms with Crippen molar-refractivity contribution >= 4 is 0 Å². The number of ether oxygens (including phenoxy) is 2. The van der Waals surface area contributed by atoms with Crippen LogP contribution in [0.3, 0.4) is 0 Å². The summed E-state index contributed by atoms with van der Waals surface area (Å²) < 4.78 is 10.8. The van der Waals surface area contributed by atoms with Crippen LogP contribution in [0.15, 0.2) is 24.3 Å². The van der Waals surface area contributed by atoms with E-state index in [0.29, 0.717) is 0 Å². The third kappa shape index (κ3) is 5.53. The summed E-state index contributed by atoms with van der Waals surface area (Å²) >= 11 is 0. The number of rotatable bonds is 8. The molecule has 0 bridgehead atoms. The summed E-state index contributed by atoms with van der Waals surface area (Å²) in [6.07, 6.45) is 1.03. The molecular formula is C16H26N2O3. The molecule has 0 atom stereocenters. The van der Waals surface area contributed by atoms with Crippen LogP contribution in [-0.2, 0) is 0 Å². The number of methoxy groups -OCH3 is 1. The maximum absolute atomic E-state index is 8.92. The normalized spacial score (nSPS) is 16.9. The van der Waals surface area contributed by atoms with Gasteiger partial charge >= 0.3 is 0 Å². The molecule has 1 heterocycles. The molecule has 21 heavy (non-hydrogen) atoms. The zero-order valence-electron chi connectivity index (χ0n) is 12.8. The summed E-state index contributed by atoms with van der Waals surface area (Å²) in [4.78, 5) is 4.77. The number of hydrogen-bond donors (Lipinski definition) is 1. The van der Waals surface area contributed by atoms with Crippen LogP contribution >= 0.6 is 0 Å². The molecule has 0 aromatic heterocycles. The molecule has 0 unspecified atom stereocenters. The molecule has 0 saturated carbocycles. The van der Waals surface area contributed by atoms with E-state index in [9.17, 15) is 0 Å². The monoisotopic (exact) mass is 294 g/mol. The number of β-amino-alcohol motifs (C(OH)–C–C–N with tert-alkyl or cyclic N) is 1. The summed E-state index contributed by atoms with van der Waals surface area (Å²) in [7, 11) is 1.66. The molecule has 1 fully saturated rings. The van der Waals surface area contributed by atoms with Gasteiger partial charge in [0.05, 0.1) is 20.3 Å². The highest BCUT2D eigenvalue weighted by atomic mass is 16.5. The third-order valence-electron chi connectivity index (χ3n) is 3.83. The van der Waals surface area contributed by atoms with Gasteiger partial charge in [-0.2, -0.15) is 0 Å². The zero-order chi connectivity index (χ0) is 14.9. The summed E-state index contributed by atoms with van der Waals surface area (Å²) in [5, 5.41) is 8.92. The number of nitrogens with zero attached hydrogens (tertiary/aromatic N) is 2. The van der Waals surface area contributed by atoms with Crippen LogP contribution in [0.2, 0.25) is 0 Å². The Kier molecular flexibility index (Phi) is 6.79. The van der Waals surface area contributed by atoms with Gasteiger partial charge in [-0.05, 0) is 30.7 Å². The van der Waals surface area contributed by atoms with E-state index >= 15 is 0 Å². The number of aliphatic hydroxyl groups excluding tert-OH is 1. The van der Waals surface area contributed by atoms with Crippen LogP contribution in [0.4, 0.5) is 0 Å². The Morgan fingerprint density at radius 1 is 0.952 bits per heavy atom. The van der Waals surface area contributed by atoms with E-state index in [-0.39, 0.29) is 6.61 Å². The predicted molar refractivity (Wildman–Crippen MR) is 83.1 cm³/mol. The summed E-state index contributed by atoms with van der Waals surface area (Å²) in [6, 6.07) is 7.70. The predicted octanol–water partition coefficient (Wildman–Crippen LogP) is 1.07. The number of hydrogen-bond acceptors (Lipinski definition) is 5. The van der Waals surface area contributed by atoms with Gasteiger partial charge in [-0.1, -0.05) is 0 Å². The summed E-state index contributed by atoms with van der Waals surface area (Å²) in [5.74, 6) is 1.74. The molecule has 5 nitrogen and oxygen atoms in total. The van der Waals surface area contributed by atoms with E-state index in [2.05, 4.69) is 9.80 Å². The maximum Gasteiger partial charge on any atom is 0.119 e. The fraction of sp³-hybridized carbons (Fsp3) is 0.625. The summed E-state index contributed by atoms with van der Waals surface area (Å²) in [5.41, 5.74) is 0. The van der Waals surface area contributed by atoms with Crippen molar-refractivity contribution in [1.82, 2.24) is 9.80 Å². The van der Waals surface area contributed by atoms with Gasteiger partial charge < -0.3 is 19.5 Å². The fourth-order valence-corrected chi connectivity index (χ4v) is 2.53. The molecule has 1 aromatic carbocycles. The Balaban J connectivity index is 1.57. The molecule has 1 aliphatic heterocycles. The smallest absolute Gasteiger partial charge is 0.119 e. The molecule has 1 aliphatic rings. The van der Waals surface area contributed by atoms with Crippen molar-refractivity contribution in [2.24, 2.45) is 0 Å². The second-order valence-corrected chi connectivity index (χ2v) is 5.28. The summed E-state index contributed by atoms with van der Waals surface area (Å²) in [6.45, 7) is 7.15. The SMILES string of the molecule is COc1ccc(OCCCN2CCN(CCO)CC2)cc1. The van der Waals surface area contributed by atoms with E-state index < -0.39 is 0 Å². The average molecular weight is 294 g/mol. The Hall–Kier alpha value is -1.30. The van der Waals surface area contributed by atoms with Gasteiger partial charge in [0.15, 0.2) is 0 Å². The molecule has 1 saturated heterocycles. The van der Waals surface area contributed by atoms with Crippen molar-refractivity contribution in [3.8, 4) is 11.5 Å². The average Bonchev–Trinajstić information content (AvgIpc) is 2.54. The molecule has 118 valence electrons. The second-order valence-electron chi connectivity index (χ2n) is 5.28. The molecule has 0 amide bonds. The van der Waals surface area contributed by atoms with Crippen LogP contribution in [0.25, 0.3) is 0 Å². The van der Waals surface area contributed by atoms with Crippen LogP contribution in [-0.4, -0.2) is 74.5 Å². The largest absolute Gasteiger partial charge is 0.497 e. The standard InChI is InChI=1S/C16H26N2O3/c1-20-15-3-5-16(6-4-15)21-14-2-7-17-8-10-18(11-9-17)12-13-19/h3-6,19H,2,7-14H2,1H3. The van der Waals surface area contributed by atoms with Crippen molar-refractivity contribution in [2.75, 3.05) is 59.6 Å². The molecular weight excluding hydrogens is 268 g/mol. The quantitative estimate of drug-likeness (QED) is 0.727. The van der Waals surface area contributed by atoms with Gasteiger partial charge in [-0.25, -0.2) is 0 Å². The van der Waals surface area contributed by atoms with Crippen molar-refractivity contribution in [3.05, 3.63) is 24.3 Å². The van der Waals surface area contributed by atoms with Gasteiger partial charge in [0.25, 0.3) is 0 Å². The van der Waals surface area contributed by atoms with Crippen molar-refractivity contribution in [2.45, 2.75) is 6.42 Å². The maximum atomic E-state index is 8.92. The first-order valence-corrected chi connectivity index (χ1v) is 7.64. The van der Waals surface area contributed by atoms with E-state index in [1.807, 2.05) is 24.3 Å². The first kappa shape index (κ1) is 16.1. The zero-order valence-corrected chi connectivity index (χ0v) is 12.8. The first-order chi connectivity index (χ1) is 10.3. The van der Waals surface area contributed by atoms with Gasteiger partial charge in [-0.3, -0.25) is 4.90 Å². The third-order valence-corrected chi connectivity index (χ3v) is 3.83. The Morgan fingerprint density at radius 2 is 1.52 bits per heavy atom. The first-order valence-electron chi connectivity index (χ1n) is 7.64. The molecule has 5 heteroatoms. The van der Waals surface area contributed by atoms with Crippen LogP contribution in [0.1, 0.15) is 6.42 Å². The molecule has 0 aliphatic carbocycles. The van der Waals surface area contributed by atoms with Crippen molar-refractivity contribution in [3.63, 3.8) is 0 Å². The van der Waals surface area contributed by atoms with E-state index in [0.717, 1.165) is 63.8 Å². The van der Waals surface area contributed by atoms with Crippen LogP contribution in [0, 0.1) is 0 Å². The lowest BCUT2D eigenvalue weighted by Crippen LogP contribution is -2.47. The Bertz CT molecular complexity index is 389. The van der Waals surface area contributed by atoms with Crippen LogP contribution in [0.5, 0.6) is 11.5 Å². The minimum absolute atomic E-state index is 0.260. The molecule has 1 aromatic rings. The molecule has 2 rings (SSSR count). The lowest BCUT2D eigenvalue weighted by molar-refractivity contribution is 0.108. The molecule has 0 radical (unpaired) electrons. The highest BCUT2D eigenvalue weighted by Gasteiger charge is 2.15. The fourth-order valence-electron chi connectivity index (χ4n) is 2.53. The minimum atomic E-state index is 0.260. The molecule has 1 N–H and O–H groups in total. The highest BCUT2D eigenvalue weighted by molar-refractivity contribution is 5.31. The van der Waals surface area contributed by atoms with Gasteiger partial charge in [0, 0.05) is 39.3 Å². The van der Waals surface area contributed by atoms with E-state index in [4.69, 9.17) is 14.6 Å². The number of benzene rings is 1. The lowest BCUT2D eigenvalue weighted by Gasteiger charge is -2.34. The molecule has 0 spiro atoms. The Morgan fingerprint density at radius 3 is 2.10 bits per heavy atom. The number of aliphatic hydroxyl groups is 1. The second kappa shape index (κ2) is 8.87. The number of piperazine rings is 1. The van der Waals surface area contributed by atoms with Crippen LogP contribution < -0.4 is 9.47 Å².